The second kappa shape index (κ2) is 8.15. The zero-order valence-corrected chi connectivity index (χ0v) is 16.2. The normalized spacial score (nSPS) is 15.8. The highest BCUT2D eigenvalue weighted by Crippen LogP contribution is 2.31. The van der Waals surface area contributed by atoms with Crippen LogP contribution >= 0.6 is 0 Å². The van der Waals surface area contributed by atoms with Gasteiger partial charge in [0.05, 0.1) is 0 Å². The van der Waals surface area contributed by atoms with Crippen molar-refractivity contribution in [3.05, 3.63) is 59.9 Å². The molecule has 0 radical (unpaired) electrons. The summed E-state index contributed by atoms with van der Waals surface area (Å²) in [5, 5.41) is 4.02. The zero-order chi connectivity index (χ0) is 19.5. The SMILES string of the molecule is CN1CCC(NC(=O)CCc2c(-c3ccccc3)[nH]c3ccc(F)cc23)CC1. The number of piperidine rings is 1. The van der Waals surface area contributed by atoms with Gasteiger partial charge in [0.15, 0.2) is 0 Å². The summed E-state index contributed by atoms with van der Waals surface area (Å²) in [7, 11) is 2.11. The fourth-order valence-electron chi connectivity index (χ4n) is 4.02. The summed E-state index contributed by atoms with van der Waals surface area (Å²) in [6.45, 7) is 2.04. The number of benzene rings is 2. The summed E-state index contributed by atoms with van der Waals surface area (Å²) in [5.41, 5.74) is 3.91. The number of carbonyl (C=O) groups excluding carboxylic acids is 1. The molecule has 2 heterocycles. The van der Waals surface area contributed by atoms with E-state index in [4.69, 9.17) is 0 Å². The Balaban J connectivity index is 1.54. The van der Waals surface area contributed by atoms with Gasteiger partial charge in [-0.25, -0.2) is 4.39 Å². The first-order valence-corrected chi connectivity index (χ1v) is 9.93. The van der Waals surface area contributed by atoms with Crippen molar-refractivity contribution >= 4 is 16.8 Å². The Morgan fingerprint density at radius 3 is 2.68 bits per heavy atom. The van der Waals surface area contributed by atoms with Crippen molar-refractivity contribution in [3.8, 4) is 11.3 Å². The molecule has 2 aromatic carbocycles. The molecule has 0 spiro atoms. The lowest BCUT2D eigenvalue weighted by Gasteiger charge is -2.29. The summed E-state index contributed by atoms with van der Waals surface area (Å²) in [6.07, 6.45) is 2.97. The van der Waals surface area contributed by atoms with Gasteiger partial charge in [-0.15, -0.1) is 0 Å². The lowest BCUT2D eigenvalue weighted by molar-refractivity contribution is -0.122. The second-order valence-electron chi connectivity index (χ2n) is 7.68. The van der Waals surface area contributed by atoms with Gasteiger partial charge in [0.25, 0.3) is 0 Å². The van der Waals surface area contributed by atoms with E-state index in [0.29, 0.717) is 12.8 Å². The third kappa shape index (κ3) is 4.09. The van der Waals surface area contributed by atoms with Crippen LogP contribution in [0.1, 0.15) is 24.8 Å². The first-order valence-electron chi connectivity index (χ1n) is 9.93. The minimum absolute atomic E-state index is 0.0688. The van der Waals surface area contributed by atoms with Gasteiger partial charge < -0.3 is 15.2 Å². The maximum atomic E-state index is 13.9. The summed E-state index contributed by atoms with van der Waals surface area (Å²) >= 11 is 0. The average Bonchev–Trinajstić information content (AvgIpc) is 3.06. The summed E-state index contributed by atoms with van der Waals surface area (Å²) in [5.74, 6) is -0.192. The third-order valence-corrected chi connectivity index (χ3v) is 5.62. The Hall–Kier alpha value is -2.66. The van der Waals surface area contributed by atoms with Crippen LogP contribution in [0, 0.1) is 5.82 Å². The maximum absolute atomic E-state index is 13.9. The van der Waals surface area contributed by atoms with Crippen LogP contribution in [0.25, 0.3) is 22.2 Å². The number of aromatic nitrogens is 1. The molecule has 4 nitrogen and oxygen atoms in total. The molecule has 0 atom stereocenters. The van der Waals surface area contributed by atoms with E-state index < -0.39 is 0 Å². The number of nitrogens with one attached hydrogen (secondary N) is 2. The number of amides is 1. The Labute approximate surface area is 164 Å². The molecule has 1 amide bonds. The number of H-pyrrole nitrogens is 1. The summed E-state index contributed by atoms with van der Waals surface area (Å²) in [4.78, 5) is 18.2. The van der Waals surface area contributed by atoms with E-state index in [1.165, 1.54) is 6.07 Å². The molecule has 28 heavy (non-hydrogen) atoms. The standard InChI is InChI=1S/C23H26FN3O/c1-27-13-11-18(12-14-27)25-22(28)10-8-19-20-15-17(24)7-9-21(20)26-23(19)16-5-3-2-4-6-16/h2-7,9,15,18,26H,8,10-14H2,1H3,(H,25,28). The third-order valence-electron chi connectivity index (χ3n) is 5.62. The van der Waals surface area contributed by atoms with Crippen molar-refractivity contribution in [1.82, 2.24) is 15.2 Å². The molecule has 4 rings (SSSR count). The van der Waals surface area contributed by atoms with E-state index >= 15 is 0 Å². The van der Waals surface area contributed by atoms with Crippen LogP contribution in [-0.2, 0) is 11.2 Å². The van der Waals surface area contributed by atoms with E-state index in [2.05, 4.69) is 22.2 Å². The average molecular weight is 379 g/mol. The van der Waals surface area contributed by atoms with Crippen LogP contribution in [0.4, 0.5) is 4.39 Å². The molecule has 146 valence electrons. The zero-order valence-electron chi connectivity index (χ0n) is 16.2. The van der Waals surface area contributed by atoms with Gasteiger partial charge in [-0.05, 0) is 68.7 Å². The largest absolute Gasteiger partial charge is 0.354 e. The number of carbonyl (C=O) groups is 1. The van der Waals surface area contributed by atoms with Gasteiger partial charge in [-0.1, -0.05) is 30.3 Å². The Morgan fingerprint density at radius 2 is 1.93 bits per heavy atom. The van der Waals surface area contributed by atoms with E-state index in [-0.39, 0.29) is 17.8 Å². The molecule has 2 N–H and O–H groups in total. The van der Waals surface area contributed by atoms with Crippen molar-refractivity contribution < 1.29 is 9.18 Å². The molecule has 1 fully saturated rings. The smallest absolute Gasteiger partial charge is 0.220 e. The quantitative estimate of drug-likeness (QED) is 0.701. The number of halogens is 1. The van der Waals surface area contributed by atoms with Crippen molar-refractivity contribution in [2.45, 2.75) is 31.7 Å². The molecule has 0 saturated carbocycles. The number of likely N-dealkylation sites (tertiary alicyclic amines) is 1. The number of aryl methyl sites for hydroxylation is 1. The molecule has 3 aromatic rings. The molecule has 0 unspecified atom stereocenters. The fourth-order valence-corrected chi connectivity index (χ4v) is 4.02. The molecule has 0 aliphatic carbocycles. The number of rotatable bonds is 5. The predicted octanol–water partition coefficient (Wildman–Crippen LogP) is 4.12. The molecular formula is C23H26FN3O. The number of hydrogen-bond donors (Lipinski definition) is 2. The van der Waals surface area contributed by atoms with Crippen molar-refractivity contribution in [2.75, 3.05) is 20.1 Å². The van der Waals surface area contributed by atoms with Crippen LogP contribution < -0.4 is 5.32 Å². The summed E-state index contributed by atoms with van der Waals surface area (Å²) < 4.78 is 13.9. The van der Waals surface area contributed by atoms with Crippen LogP contribution in [-0.4, -0.2) is 42.0 Å². The minimum atomic E-state index is -0.261. The van der Waals surface area contributed by atoms with E-state index in [9.17, 15) is 9.18 Å². The topological polar surface area (TPSA) is 48.1 Å². The fraction of sp³-hybridized carbons (Fsp3) is 0.348. The lowest BCUT2D eigenvalue weighted by Crippen LogP contribution is -2.43. The van der Waals surface area contributed by atoms with Gasteiger partial charge in [-0.2, -0.15) is 0 Å². The maximum Gasteiger partial charge on any atom is 0.220 e. The lowest BCUT2D eigenvalue weighted by atomic mass is 10.0. The van der Waals surface area contributed by atoms with Gasteiger partial charge >= 0.3 is 0 Å². The summed E-state index contributed by atoms with van der Waals surface area (Å²) in [6, 6.07) is 15.0. The number of fused-ring (bicyclic) bond motifs is 1. The predicted molar refractivity (Wildman–Crippen MR) is 111 cm³/mol. The van der Waals surface area contributed by atoms with Crippen molar-refractivity contribution in [1.29, 1.82) is 0 Å². The molecule has 0 bridgehead atoms. The minimum Gasteiger partial charge on any atom is -0.354 e. The van der Waals surface area contributed by atoms with Gasteiger partial charge in [0.2, 0.25) is 5.91 Å². The Kier molecular flexibility index (Phi) is 5.44. The number of aromatic amines is 1. The van der Waals surface area contributed by atoms with Gasteiger partial charge in [0, 0.05) is 29.1 Å². The second-order valence-corrected chi connectivity index (χ2v) is 7.68. The number of nitrogens with zero attached hydrogens (tertiary/aromatic N) is 1. The first-order chi connectivity index (χ1) is 13.6. The van der Waals surface area contributed by atoms with E-state index in [1.807, 2.05) is 30.3 Å². The highest BCUT2D eigenvalue weighted by molar-refractivity contribution is 5.91. The van der Waals surface area contributed by atoms with Gasteiger partial charge in [0.1, 0.15) is 5.82 Å². The highest BCUT2D eigenvalue weighted by Gasteiger charge is 2.19. The monoisotopic (exact) mass is 379 g/mol. The first kappa shape index (κ1) is 18.7. The van der Waals surface area contributed by atoms with E-state index in [0.717, 1.165) is 53.7 Å². The van der Waals surface area contributed by atoms with E-state index in [1.54, 1.807) is 12.1 Å². The van der Waals surface area contributed by atoms with Crippen molar-refractivity contribution in [3.63, 3.8) is 0 Å². The van der Waals surface area contributed by atoms with Crippen LogP contribution in [0.5, 0.6) is 0 Å². The van der Waals surface area contributed by atoms with Crippen LogP contribution in [0.2, 0.25) is 0 Å². The molecule has 5 heteroatoms. The highest BCUT2D eigenvalue weighted by atomic mass is 19.1. The van der Waals surface area contributed by atoms with Crippen LogP contribution in [0.15, 0.2) is 48.5 Å². The molecule has 1 aromatic heterocycles. The Morgan fingerprint density at radius 1 is 1.18 bits per heavy atom. The van der Waals surface area contributed by atoms with Crippen LogP contribution in [0.3, 0.4) is 0 Å². The Bertz CT molecular complexity index is 959. The molecule has 1 saturated heterocycles. The van der Waals surface area contributed by atoms with Gasteiger partial charge in [-0.3, -0.25) is 4.79 Å². The number of hydrogen-bond acceptors (Lipinski definition) is 2. The molecule has 1 aliphatic heterocycles. The molecular weight excluding hydrogens is 353 g/mol. The molecule has 1 aliphatic rings. The van der Waals surface area contributed by atoms with Crippen molar-refractivity contribution in [2.24, 2.45) is 0 Å².